The number of nitrogens with zero attached hydrogens (tertiary/aromatic N) is 1. The van der Waals surface area contributed by atoms with Crippen LogP contribution in [0.3, 0.4) is 0 Å². The van der Waals surface area contributed by atoms with E-state index in [1.54, 1.807) is 0 Å². The van der Waals surface area contributed by atoms with E-state index in [0.29, 0.717) is 23.9 Å². The number of aliphatic hydroxyl groups excluding tert-OH is 1. The Morgan fingerprint density at radius 1 is 0.623 bits per heavy atom. The van der Waals surface area contributed by atoms with Gasteiger partial charge in [0, 0.05) is 6.42 Å². The summed E-state index contributed by atoms with van der Waals surface area (Å²) in [5.74, 6) is -0.158. The van der Waals surface area contributed by atoms with E-state index in [1.807, 2.05) is 21.1 Å². The lowest BCUT2D eigenvalue weighted by atomic mass is 10.0. The number of rotatable bonds is 41. The van der Waals surface area contributed by atoms with Gasteiger partial charge < -0.3 is 19.8 Å². The molecular formula is C44H90N2O6P+. The zero-order valence-electron chi connectivity index (χ0n) is 35.8. The zero-order valence-corrected chi connectivity index (χ0v) is 36.7. The van der Waals surface area contributed by atoms with Crippen LogP contribution in [0.15, 0.2) is 12.2 Å². The quantitative estimate of drug-likeness (QED) is 0.0247. The Morgan fingerprint density at radius 2 is 1.04 bits per heavy atom. The molecule has 0 rings (SSSR count). The Bertz CT molecular complexity index is 880. The molecule has 3 unspecified atom stereocenters. The number of hydrogen-bond acceptors (Lipinski definition) is 5. The maximum atomic E-state index is 12.8. The van der Waals surface area contributed by atoms with Crippen molar-refractivity contribution in [3.05, 3.63) is 12.2 Å². The molecule has 0 saturated heterocycles. The molecule has 8 nitrogen and oxygen atoms in total. The standard InChI is InChI=1S/C44H89N2O6P/c1-6-8-10-12-14-16-18-19-20-21-22-23-24-25-26-27-28-29-31-33-35-37-43(47)42(41-52-53(49,50)51-40-39-46(3,4)5)45-44(48)38-36-34-32-30-17-15-13-11-9-7-2/h13,15,42-43,47H,6-12,14,16-41H2,1-5H3,(H-,45,48,49,50)/p+1/b15-13-. The van der Waals surface area contributed by atoms with Gasteiger partial charge in [-0.1, -0.05) is 187 Å². The first-order valence-electron chi connectivity index (χ1n) is 22.6. The van der Waals surface area contributed by atoms with E-state index in [4.69, 9.17) is 9.05 Å². The molecule has 0 saturated carbocycles. The minimum atomic E-state index is -4.31. The lowest BCUT2D eigenvalue weighted by molar-refractivity contribution is -0.870. The molecule has 0 fully saturated rings. The third-order valence-electron chi connectivity index (χ3n) is 10.3. The van der Waals surface area contributed by atoms with Gasteiger partial charge in [-0.15, -0.1) is 0 Å². The fourth-order valence-corrected chi connectivity index (χ4v) is 7.35. The molecule has 0 aliphatic heterocycles. The lowest BCUT2D eigenvalue weighted by Gasteiger charge is -2.26. The number of carbonyl (C=O) groups excluding carboxylic acids is 1. The van der Waals surface area contributed by atoms with Gasteiger partial charge in [-0.25, -0.2) is 4.57 Å². The number of unbranched alkanes of at least 4 members (excludes halogenated alkanes) is 26. The summed E-state index contributed by atoms with van der Waals surface area (Å²) in [4.78, 5) is 23.1. The van der Waals surface area contributed by atoms with Crippen molar-refractivity contribution in [2.45, 2.75) is 225 Å². The van der Waals surface area contributed by atoms with Crippen LogP contribution in [-0.4, -0.2) is 73.4 Å². The van der Waals surface area contributed by atoms with Crippen LogP contribution in [0, 0.1) is 0 Å². The van der Waals surface area contributed by atoms with E-state index >= 15 is 0 Å². The van der Waals surface area contributed by atoms with Gasteiger partial charge in [0.15, 0.2) is 0 Å². The van der Waals surface area contributed by atoms with Crippen LogP contribution in [0.4, 0.5) is 0 Å². The highest BCUT2D eigenvalue weighted by molar-refractivity contribution is 7.47. The van der Waals surface area contributed by atoms with Crippen molar-refractivity contribution >= 4 is 13.7 Å². The second kappa shape index (κ2) is 36.9. The third kappa shape index (κ3) is 39.3. The van der Waals surface area contributed by atoms with Crippen molar-refractivity contribution in [1.29, 1.82) is 0 Å². The van der Waals surface area contributed by atoms with Gasteiger partial charge in [0.1, 0.15) is 13.2 Å². The predicted molar refractivity (Wildman–Crippen MR) is 226 cm³/mol. The molecule has 0 aromatic carbocycles. The minimum Gasteiger partial charge on any atom is -0.391 e. The van der Waals surface area contributed by atoms with Crippen molar-refractivity contribution in [2.75, 3.05) is 40.9 Å². The Hall–Kier alpha value is -0.760. The topological polar surface area (TPSA) is 105 Å². The van der Waals surface area contributed by atoms with E-state index in [0.717, 1.165) is 57.8 Å². The summed E-state index contributed by atoms with van der Waals surface area (Å²) < 4.78 is 23.6. The highest BCUT2D eigenvalue weighted by Crippen LogP contribution is 2.43. The number of phosphoric acid groups is 1. The molecule has 1 amide bonds. The summed E-state index contributed by atoms with van der Waals surface area (Å²) in [6.07, 6.45) is 41.0. The fourth-order valence-electron chi connectivity index (χ4n) is 6.62. The van der Waals surface area contributed by atoms with E-state index in [-0.39, 0.29) is 19.1 Å². The highest BCUT2D eigenvalue weighted by atomic mass is 31.2. The average Bonchev–Trinajstić information content (AvgIpc) is 3.10. The number of quaternary nitrogens is 1. The largest absolute Gasteiger partial charge is 0.472 e. The molecule has 0 radical (unpaired) electrons. The molecule has 0 aliphatic carbocycles. The monoisotopic (exact) mass is 774 g/mol. The molecular weight excluding hydrogens is 683 g/mol. The molecule has 316 valence electrons. The van der Waals surface area contributed by atoms with Crippen molar-refractivity contribution in [3.63, 3.8) is 0 Å². The Morgan fingerprint density at radius 3 is 1.51 bits per heavy atom. The first-order valence-corrected chi connectivity index (χ1v) is 24.0. The highest BCUT2D eigenvalue weighted by Gasteiger charge is 2.28. The van der Waals surface area contributed by atoms with Crippen LogP contribution in [0.1, 0.15) is 213 Å². The number of nitrogens with one attached hydrogen (secondary N) is 1. The Balaban J connectivity index is 4.24. The van der Waals surface area contributed by atoms with Crippen molar-refractivity contribution in [2.24, 2.45) is 0 Å². The predicted octanol–water partition coefficient (Wildman–Crippen LogP) is 12.4. The first-order chi connectivity index (χ1) is 25.5. The summed E-state index contributed by atoms with van der Waals surface area (Å²) in [6.45, 7) is 4.84. The number of allylic oxidation sites excluding steroid dienone is 2. The van der Waals surface area contributed by atoms with Crippen molar-refractivity contribution in [1.82, 2.24) is 5.32 Å². The summed E-state index contributed by atoms with van der Waals surface area (Å²) >= 11 is 0. The summed E-state index contributed by atoms with van der Waals surface area (Å²) in [5, 5.41) is 13.9. The Kier molecular flexibility index (Phi) is 36.3. The second-order valence-electron chi connectivity index (χ2n) is 16.8. The van der Waals surface area contributed by atoms with E-state index < -0.39 is 20.0 Å². The second-order valence-corrected chi connectivity index (χ2v) is 18.2. The molecule has 0 aromatic rings. The zero-order chi connectivity index (χ0) is 39.3. The van der Waals surface area contributed by atoms with Gasteiger partial charge in [-0.2, -0.15) is 0 Å². The number of hydrogen-bond donors (Lipinski definition) is 3. The van der Waals surface area contributed by atoms with Gasteiger partial charge in [0.2, 0.25) is 5.91 Å². The molecule has 0 bridgehead atoms. The molecule has 3 N–H and O–H groups in total. The number of aliphatic hydroxyl groups is 1. The summed E-state index contributed by atoms with van der Waals surface area (Å²) in [5.41, 5.74) is 0. The number of carbonyl (C=O) groups is 1. The molecule has 3 atom stereocenters. The minimum absolute atomic E-state index is 0.0742. The van der Waals surface area contributed by atoms with Crippen molar-refractivity contribution in [3.8, 4) is 0 Å². The van der Waals surface area contributed by atoms with E-state index in [1.165, 1.54) is 128 Å². The van der Waals surface area contributed by atoms with Gasteiger partial charge in [-0.05, 0) is 32.1 Å². The molecule has 9 heteroatoms. The van der Waals surface area contributed by atoms with Crippen molar-refractivity contribution < 1.29 is 32.9 Å². The maximum Gasteiger partial charge on any atom is 0.472 e. The number of likely N-dealkylation sites (N-methyl/N-ethyl adjacent to an activating group) is 1. The first kappa shape index (κ1) is 52.2. The third-order valence-corrected chi connectivity index (χ3v) is 11.2. The lowest BCUT2D eigenvalue weighted by Crippen LogP contribution is -2.46. The fraction of sp³-hybridized carbons (Fsp3) is 0.932. The molecule has 0 heterocycles. The van der Waals surface area contributed by atoms with Crippen LogP contribution >= 0.6 is 7.82 Å². The van der Waals surface area contributed by atoms with Gasteiger partial charge >= 0.3 is 7.82 Å². The summed E-state index contributed by atoms with van der Waals surface area (Å²) in [6, 6.07) is -0.761. The van der Waals surface area contributed by atoms with Crippen LogP contribution < -0.4 is 5.32 Å². The number of phosphoric ester groups is 1. The van der Waals surface area contributed by atoms with Gasteiger partial charge in [0.25, 0.3) is 0 Å². The Labute approximate surface area is 329 Å². The molecule has 0 spiro atoms. The summed E-state index contributed by atoms with van der Waals surface area (Å²) in [7, 11) is 1.61. The van der Waals surface area contributed by atoms with Crippen LogP contribution in [-0.2, 0) is 18.4 Å². The van der Waals surface area contributed by atoms with Crippen LogP contribution in [0.25, 0.3) is 0 Å². The smallest absolute Gasteiger partial charge is 0.391 e. The molecule has 0 aliphatic rings. The van der Waals surface area contributed by atoms with E-state index in [9.17, 15) is 19.4 Å². The molecule has 53 heavy (non-hydrogen) atoms. The van der Waals surface area contributed by atoms with Gasteiger partial charge in [0.05, 0.1) is 39.9 Å². The van der Waals surface area contributed by atoms with Crippen LogP contribution in [0.2, 0.25) is 0 Å². The molecule has 0 aromatic heterocycles. The average molecular weight is 774 g/mol. The number of amides is 1. The van der Waals surface area contributed by atoms with Gasteiger partial charge in [-0.3, -0.25) is 13.8 Å². The normalized spacial score (nSPS) is 14.5. The van der Waals surface area contributed by atoms with E-state index in [2.05, 4.69) is 31.3 Å². The van der Waals surface area contributed by atoms with Crippen LogP contribution in [0.5, 0.6) is 0 Å². The SMILES string of the molecule is CCCC/C=C\CCCCCCC(=O)NC(COP(=O)(O)OCC[N+](C)(C)C)C(O)CCCCCCCCCCCCCCCCCCCCCCC. The maximum absolute atomic E-state index is 12.8.